The number of nitrogens with one attached hydrogen (secondary N) is 1. The molecule has 5 rings (SSSR count). The molecule has 0 saturated carbocycles. The van der Waals surface area contributed by atoms with Gasteiger partial charge in [0.05, 0.1) is 17.5 Å². The van der Waals surface area contributed by atoms with Crippen LogP contribution >= 0.6 is 0 Å². The Morgan fingerprint density at radius 1 is 1.07 bits per heavy atom. The molecule has 7 nitrogen and oxygen atoms in total. The Morgan fingerprint density at radius 2 is 1.90 bits per heavy atom. The summed E-state index contributed by atoms with van der Waals surface area (Å²) in [5.41, 5.74) is 4.75. The van der Waals surface area contributed by atoms with Gasteiger partial charge in [-0.05, 0) is 44.2 Å². The average Bonchev–Trinajstić information content (AvgIpc) is 3.38. The number of nitrogens with zero attached hydrogens (tertiary/aromatic N) is 5. The molecule has 0 aliphatic rings. The highest BCUT2D eigenvalue weighted by molar-refractivity contribution is 6.05. The van der Waals surface area contributed by atoms with Crippen LogP contribution in [-0.4, -0.2) is 30.1 Å². The smallest absolute Gasteiger partial charge is 0.257 e. The number of hydrogen-bond donors (Lipinski definition) is 1. The largest absolute Gasteiger partial charge is 0.322 e. The number of carbonyl (C=O) groups excluding carboxylic acids is 1. The molecule has 0 spiro atoms. The standard InChI is InChI=1S/C23H20N6O/c1-15(2)29-22-17(13-25-29)11-18(12-24-22)23(30)26-19-8-6-16(7-9-19)20-14-28-10-4-3-5-21(28)27-20/h3-15H,1-2H3,(H,26,30). The van der Waals surface area contributed by atoms with Crippen molar-refractivity contribution in [1.29, 1.82) is 0 Å². The van der Waals surface area contributed by atoms with Crippen LogP contribution < -0.4 is 5.32 Å². The number of benzene rings is 1. The maximum Gasteiger partial charge on any atom is 0.257 e. The summed E-state index contributed by atoms with van der Waals surface area (Å²) in [5, 5.41) is 8.12. The number of imidazole rings is 1. The molecule has 0 aliphatic carbocycles. The summed E-state index contributed by atoms with van der Waals surface area (Å²) in [6.07, 6.45) is 7.28. The van der Waals surface area contributed by atoms with Crippen LogP contribution in [0.2, 0.25) is 0 Å². The van der Waals surface area contributed by atoms with Crippen molar-refractivity contribution in [2.24, 2.45) is 0 Å². The van der Waals surface area contributed by atoms with E-state index in [2.05, 4.69) is 20.4 Å². The van der Waals surface area contributed by atoms with Gasteiger partial charge in [-0.15, -0.1) is 0 Å². The number of amides is 1. The zero-order valence-electron chi connectivity index (χ0n) is 16.6. The first kappa shape index (κ1) is 18.1. The fourth-order valence-electron chi connectivity index (χ4n) is 3.44. The Kier molecular flexibility index (Phi) is 4.28. The lowest BCUT2D eigenvalue weighted by Gasteiger charge is -2.08. The molecule has 148 valence electrons. The van der Waals surface area contributed by atoms with Gasteiger partial charge in [-0.25, -0.2) is 14.6 Å². The Hall–Kier alpha value is -4.00. The molecule has 5 aromatic rings. The number of aromatic nitrogens is 5. The lowest BCUT2D eigenvalue weighted by atomic mass is 10.1. The summed E-state index contributed by atoms with van der Waals surface area (Å²) in [6, 6.07) is 15.6. The molecule has 0 saturated heterocycles. The van der Waals surface area contributed by atoms with Gasteiger partial charge in [0.1, 0.15) is 5.65 Å². The van der Waals surface area contributed by atoms with Gasteiger partial charge in [0.25, 0.3) is 5.91 Å². The molecule has 0 fully saturated rings. The monoisotopic (exact) mass is 396 g/mol. The van der Waals surface area contributed by atoms with Crippen molar-refractivity contribution in [2.45, 2.75) is 19.9 Å². The lowest BCUT2D eigenvalue weighted by molar-refractivity contribution is 0.102. The third kappa shape index (κ3) is 3.20. The molecule has 1 N–H and O–H groups in total. The van der Waals surface area contributed by atoms with Crippen molar-refractivity contribution in [2.75, 3.05) is 5.32 Å². The molecule has 30 heavy (non-hydrogen) atoms. The van der Waals surface area contributed by atoms with Crippen LogP contribution in [0, 0.1) is 0 Å². The van der Waals surface area contributed by atoms with E-state index < -0.39 is 0 Å². The lowest BCUT2D eigenvalue weighted by Crippen LogP contribution is -2.12. The quantitative estimate of drug-likeness (QED) is 0.482. The van der Waals surface area contributed by atoms with E-state index in [-0.39, 0.29) is 11.9 Å². The third-order valence-corrected chi connectivity index (χ3v) is 4.99. The molecule has 0 aliphatic heterocycles. The van der Waals surface area contributed by atoms with Gasteiger partial charge in [0, 0.05) is 41.3 Å². The van der Waals surface area contributed by atoms with Gasteiger partial charge in [0.15, 0.2) is 5.65 Å². The molecule has 1 amide bonds. The minimum absolute atomic E-state index is 0.206. The minimum atomic E-state index is -0.206. The Bertz CT molecular complexity index is 1330. The molecule has 0 unspecified atom stereocenters. The highest BCUT2D eigenvalue weighted by Crippen LogP contribution is 2.22. The number of fused-ring (bicyclic) bond motifs is 2. The number of carbonyl (C=O) groups is 1. The second-order valence-electron chi connectivity index (χ2n) is 7.44. The molecular formula is C23H20N6O. The SMILES string of the molecule is CC(C)n1ncc2cc(C(=O)Nc3ccc(-c4cn5ccccc5n4)cc3)cnc21. The summed E-state index contributed by atoms with van der Waals surface area (Å²) < 4.78 is 3.82. The van der Waals surface area contributed by atoms with Crippen molar-refractivity contribution in [3.8, 4) is 11.3 Å². The van der Waals surface area contributed by atoms with E-state index in [1.54, 1.807) is 12.4 Å². The number of pyridine rings is 2. The van der Waals surface area contributed by atoms with Crippen LogP contribution in [0.4, 0.5) is 5.69 Å². The van der Waals surface area contributed by atoms with E-state index in [0.717, 1.165) is 27.9 Å². The molecule has 0 bridgehead atoms. The predicted octanol–water partition coefficient (Wildman–Crippen LogP) is 4.58. The van der Waals surface area contributed by atoms with Crippen molar-refractivity contribution in [3.63, 3.8) is 0 Å². The van der Waals surface area contributed by atoms with E-state index in [4.69, 9.17) is 0 Å². The van der Waals surface area contributed by atoms with E-state index in [1.165, 1.54) is 0 Å². The van der Waals surface area contributed by atoms with Crippen LogP contribution in [0.5, 0.6) is 0 Å². The third-order valence-electron chi connectivity index (χ3n) is 4.99. The maximum absolute atomic E-state index is 12.7. The molecular weight excluding hydrogens is 376 g/mol. The summed E-state index contributed by atoms with van der Waals surface area (Å²) in [5.74, 6) is -0.206. The zero-order chi connectivity index (χ0) is 20.7. The number of anilines is 1. The summed E-state index contributed by atoms with van der Waals surface area (Å²) in [7, 11) is 0. The van der Waals surface area contributed by atoms with Gasteiger partial charge in [0.2, 0.25) is 0 Å². The Balaban J connectivity index is 1.35. The molecule has 0 atom stereocenters. The van der Waals surface area contributed by atoms with Crippen molar-refractivity contribution in [3.05, 3.63) is 78.9 Å². The molecule has 1 aromatic carbocycles. The average molecular weight is 396 g/mol. The van der Waals surface area contributed by atoms with Crippen LogP contribution in [-0.2, 0) is 0 Å². The first-order valence-electron chi connectivity index (χ1n) is 9.77. The highest BCUT2D eigenvalue weighted by atomic mass is 16.1. The first-order chi connectivity index (χ1) is 14.6. The topological polar surface area (TPSA) is 77.1 Å². The van der Waals surface area contributed by atoms with Gasteiger partial charge in [-0.1, -0.05) is 18.2 Å². The van der Waals surface area contributed by atoms with Gasteiger partial charge in [-0.3, -0.25) is 4.79 Å². The first-order valence-corrected chi connectivity index (χ1v) is 9.77. The zero-order valence-corrected chi connectivity index (χ0v) is 16.6. The van der Waals surface area contributed by atoms with Crippen molar-refractivity contribution in [1.82, 2.24) is 24.1 Å². The summed E-state index contributed by atoms with van der Waals surface area (Å²) >= 11 is 0. The molecule has 4 aromatic heterocycles. The van der Waals surface area contributed by atoms with E-state index in [0.29, 0.717) is 11.3 Å². The van der Waals surface area contributed by atoms with Gasteiger partial charge >= 0.3 is 0 Å². The maximum atomic E-state index is 12.7. The Morgan fingerprint density at radius 3 is 2.67 bits per heavy atom. The van der Waals surface area contributed by atoms with Gasteiger partial charge in [-0.2, -0.15) is 5.10 Å². The van der Waals surface area contributed by atoms with Crippen molar-refractivity contribution >= 4 is 28.3 Å². The summed E-state index contributed by atoms with van der Waals surface area (Å²) in [4.78, 5) is 21.7. The van der Waals surface area contributed by atoms with Gasteiger partial charge < -0.3 is 9.72 Å². The van der Waals surface area contributed by atoms with Crippen molar-refractivity contribution < 1.29 is 4.79 Å². The summed E-state index contributed by atoms with van der Waals surface area (Å²) in [6.45, 7) is 4.09. The predicted molar refractivity (Wildman–Crippen MR) is 116 cm³/mol. The van der Waals surface area contributed by atoms with Crippen LogP contribution in [0.3, 0.4) is 0 Å². The number of rotatable bonds is 4. The molecule has 7 heteroatoms. The van der Waals surface area contributed by atoms with E-state index >= 15 is 0 Å². The normalized spacial score (nSPS) is 11.4. The fraction of sp³-hybridized carbons (Fsp3) is 0.130. The van der Waals surface area contributed by atoms with E-state index in [9.17, 15) is 4.79 Å². The Labute approximate surface area is 173 Å². The van der Waals surface area contributed by atoms with Crippen LogP contribution in [0.1, 0.15) is 30.2 Å². The number of hydrogen-bond acceptors (Lipinski definition) is 4. The fourth-order valence-corrected chi connectivity index (χ4v) is 3.44. The second kappa shape index (κ2) is 7.11. The van der Waals surface area contributed by atoms with E-state index in [1.807, 2.05) is 83.9 Å². The molecule has 0 radical (unpaired) electrons. The molecule has 4 heterocycles. The minimum Gasteiger partial charge on any atom is -0.322 e. The van der Waals surface area contributed by atoms with Crippen LogP contribution in [0.15, 0.2) is 73.3 Å². The van der Waals surface area contributed by atoms with Crippen LogP contribution in [0.25, 0.3) is 27.9 Å². The highest BCUT2D eigenvalue weighted by Gasteiger charge is 2.12. The second-order valence-corrected chi connectivity index (χ2v) is 7.44.